The highest BCUT2D eigenvalue weighted by Gasteiger charge is 2.30. The minimum Gasteiger partial charge on any atom is -0.305 e. The number of aromatic nitrogens is 2. The molecule has 0 atom stereocenters. The molecule has 0 N–H and O–H groups in total. The lowest BCUT2D eigenvalue weighted by molar-refractivity contribution is 0.181. The maximum atomic E-state index is 13.4. The van der Waals surface area contributed by atoms with E-state index in [9.17, 15) is 18.0 Å². The first-order chi connectivity index (χ1) is 14.7. The predicted octanol–water partition coefficient (Wildman–Crippen LogP) is 1.05. The van der Waals surface area contributed by atoms with Gasteiger partial charge in [-0.3, -0.25) is 14.5 Å². The smallest absolute Gasteiger partial charge is 0.305 e. The van der Waals surface area contributed by atoms with Crippen molar-refractivity contribution >= 4 is 21.1 Å². The Morgan fingerprint density at radius 3 is 1.97 bits per heavy atom. The molecule has 8 nitrogen and oxygen atoms in total. The maximum absolute atomic E-state index is 13.4. The standard InChI is InChI=1S/C22H26N4O4S/c1-16-13-18-19(24(3)22(28)21(27)23(18)2)14-20(16)31(29,30)26-11-9-25(10-12-26)15-17-7-5-4-6-8-17/h4-8,13-14H,9-12,15H2,1-3H3. The van der Waals surface area contributed by atoms with Crippen LogP contribution >= 0.6 is 0 Å². The van der Waals surface area contributed by atoms with Crippen molar-refractivity contribution in [2.24, 2.45) is 14.1 Å². The number of hydrogen-bond acceptors (Lipinski definition) is 5. The average Bonchev–Trinajstić information content (AvgIpc) is 2.77. The second-order valence-corrected chi connectivity index (χ2v) is 9.91. The monoisotopic (exact) mass is 442 g/mol. The Bertz CT molecular complexity index is 1350. The fraction of sp³-hybridized carbons (Fsp3) is 0.364. The van der Waals surface area contributed by atoms with Gasteiger partial charge in [0.25, 0.3) is 0 Å². The molecule has 31 heavy (non-hydrogen) atoms. The van der Waals surface area contributed by atoms with Gasteiger partial charge in [0.2, 0.25) is 10.0 Å². The van der Waals surface area contributed by atoms with E-state index in [0.29, 0.717) is 42.8 Å². The quantitative estimate of drug-likeness (QED) is 0.564. The van der Waals surface area contributed by atoms with Crippen LogP contribution in [0.5, 0.6) is 0 Å². The molecule has 1 saturated heterocycles. The highest BCUT2D eigenvalue weighted by molar-refractivity contribution is 7.89. The lowest BCUT2D eigenvalue weighted by atomic mass is 10.2. The molecule has 0 radical (unpaired) electrons. The SMILES string of the molecule is Cc1cc2c(cc1S(=O)(=O)N1CCN(Cc3ccccc3)CC1)n(C)c(=O)c(=O)n2C. The highest BCUT2D eigenvalue weighted by atomic mass is 32.2. The molecule has 0 bridgehead atoms. The Morgan fingerprint density at radius 1 is 0.839 bits per heavy atom. The van der Waals surface area contributed by atoms with Gasteiger partial charge in [-0.2, -0.15) is 4.31 Å². The molecule has 0 amide bonds. The maximum Gasteiger partial charge on any atom is 0.316 e. The van der Waals surface area contributed by atoms with Crippen molar-refractivity contribution in [3.05, 3.63) is 74.3 Å². The molecule has 1 aliphatic heterocycles. The van der Waals surface area contributed by atoms with Crippen molar-refractivity contribution in [1.82, 2.24) is 18.3 Å². The van der Waals surface area contributed by atoms with Crippen molar-refractivity contribution in [3.8, 4) is 0 Å². The Hall–Kier alpha value is -2.75. The summed E-state index contributed by atoms with van der Waals surface area (Å²) in [6.07, 6.45) is 0. The predicted molar refractivity (Wildman–Crippen MR) is 120 cm³/mol. The summed E-state index contributed by atoms with van der Waals surface area (Å²) in [5.41, 5.74) is 1.37. The van der Waals surface area contributed by atoms with Crippen LogP contribution in [0, 0.1) is 6.92 Å². The van der Waals surface area contributed by atoms with Crippen molar-refractivity contribution in [2.45, 2.75) is 18.4 Å². The zero-order valence-corrected chi connectivity index (χ0v) is 18.7. The molecule has 2 aromatic carbocycles. The molecule has 0 spiro atoms. The summed E-state index contributed by atoms with van der Waals surface area (Å²) in [7, 11) is -0.723. The van der Waals surface area contributed by atoms with E-state index in [1.165, 1.54) is 39.2 Å². The van der Waals surface area contributed by atoms with Gasteiger partial charge in [0.15, 0.2) is 0 Å². The number of nitrogens with zero attached hydrogens (tertiary/aromatic N) is 4. The molecule has 2 heterocycles. The van der Waals surface area contributed by atoms with Crippen molar-refractivity contribution in [1.29, 1.82) is 0 Å². The van der Waals surface area contributed by atoms with E-state index in [-0.39, 0.29) is 4.90 Å². The van der Waals surface area contributed by atoms with Gasteiger partial charge in [-0.25, -0.2) is 8.42 Å². The van der Waals surface area contributed by atoms with Crippen LogP contribution in [0.2, 0.25) is 0 Å². The Kier molecular flexibility index (Phi) is 5.59. The van der Waals surface area contributed by atoms with Crippen LogP contribution in [0.25, 0.3) is 11.0 Å². The number of benzene rings is 2. The third kappa shape index (κ3) is 3.84. The first-order valence-electron chi connectivity index (χ1n) is 10.2. The molecule has 0 unspecified atom stereocenters. The average molecular weight is 443 g/mol. The van der Waals surface area contributed by atoms with E-state index in [2.05, 4.69) is 17.0 Å². The molecular formula is C22H26N4O4S. The van der Waals surface area contributed by atoms with Crippen LogP contribution in [0.15, 0.2) is 56.9 Å². The van der Waals surface area contributed by atoms with Crippen molar-refractivity contribution < 1.29 is 8.42 Å². The summed E-state index contributed by atoms with van der Waals surface area (Å²) in [6.45, 7) is 4.60. The van der Waals surface area contributed by atoms with Gasteiger partial charge in [-0.05, 0) is 30.2 Å². The molecule has 0 saturated carbocycles. The summed E-state index contributed by atoms with van der Waals surface area (Å²) in [5.74, 6) is 0. The van der Waals surface area contributed by atoms with Gasteiger partial charge in [0.1, 0.15) is 0 Å². The number of fused-ring (bicyclic) bond motifs is 1. The molecule has 1 fully saturated rings. The molecule has 3 aromatic rings. The zero-order valence-electron chi connectivity index (χ0n) is 17.9. The van der Waals surface area contributed by atoms with Gasteiger partial charge >= 0.3 is 11.1 Å². The second-order valence-electron chi connectivity index (χ2n) is 8.00. The Morgan fingerprint density at radius 2 is 1.39 bits per heavy atom. The minimum absolute atomic E-state index is 0.171. The molecule has 0 aliphatic carbocycles. The van der Waals surface area contributed by atoms with E-state index < -0.39 is 21.1 Å². The fourth-order valence-corrected chi connectivity index (χ4v) is 5.74. The summed E-state index contributed by atoms with van der Waals surface area (Å²) in [6, 6.07) is 13.3. The van der Waals surface area contributed by atoms with Gasteiger partial charge in [0.05, 0.1) is 15.9 Å². The highest BCUT2D eigenvalue weighted by Crippen LogP contribution is 2.25. The number of sulfonamides is 1. The van der Waals surface area contributed by atoms with E-state index in [1.54, 1.807) is 13.0 Å². The first kappa shape index (κ1) is 21.5. The van der Waals surface area contributed by atoms with Gasteiger partial charge in [0, 0.05) is 46.8 Å². The number of hydrogen-bond donors (Lipinski definition) is 0. The Balaban J connectivity index is 1.63. The van der Waals surface area contributed by atoms with E-state index in [4.69, 9.17) is 0 Å². The van der Waals surface area contributed by atoms with Crippen LogP contribution < -0.4 is 11.1 Å². The van der Waals surface area contributed by atoms with Crippen molar-refractivity contribution in [3.63, 3.8) is 0 Å². The number of piperazine rings is 1. The number of rotatable bonds is 4. The van der Waals surface area contributed by atoms with E-state index >= 15 is 0 Å². The summed E-state index contributed by atoms with van der Waals surface area (Å²) < 4.78 is 30.8. The summed E-state index contributed by atoms with van der Waals surface area (Å²) in [4.78, 5) is 26.7. The third-order valence-electron chi connectivity index (χ3n) is 5.99. The molecule has 1 aromatic heterocycles. The first-order valence-corrected chi connectivity index (χ1v) is 11.6. The summed E-state index contributed by atoms with van der Waals surface area (Å²) in [5, 5.41) is 0. The molecule has 4 rings (SSSR count). The summed E-state index contributed by atoms with van der Waals surface area (Å²) >= 11 is 0. The zero-order chi connectivity index (χ0) is 22.3. The van der Waals surface area contributed by atoms with Crippen LogP contribution in [-0.2, 0) is 30.7 Å². The third-order valence-corrected chi connectivity index (χ3v) is 8.03. The van der Waals surface area contributed by atoms with Crippen LogP contribution in [0.1, 0.15) is 11.1 Å². The lowest BCUT2D eigenvalue weighted by Gasteiger charge is -2.34. The van der Waals surface area contributed by atoms with Crippen molar-refractivity contribution in [2.75, 3.05) is 26.2 Å². The van der Waals surface area contributed by atoms with Gasteiger partial charge in [-0.1, -0.05) is 30.3 Å². The molecule has 9 heteroatoms. The van der Waals surface area contributed by atoms with E-state index in [1.807, 2.05) is 18.2 Å². The molecule has 164 valence electrons. The van der Waals surface area contributed by atoms with Gasteiger partial charge in [-0.15, -0.1) is 0 Å². The Labute approximate surface area is 181 Å². The largest absolute Gasteiger partial charge is 0.316 e. The normalized spacial score (nSPS) is 16.1. The van der Waals surface area contributed by atoms with E-state index in [0.717, 1.165) is 6.54 Å². The fourth-order valence-electron chi connectivity index (χ4n) is 4.09. The minimum atomic E-state index is -3.73. The second kappa shape index (κ2) is 8.07. The topological polar surface area (TPSA) is 84.6 Å². The number of aryl methyl sites for hydroxylation is 3. The lowest BCUT2D eigenvalue weighted by Crippen LogP contribution is -2.48. The van der Waals surface area contributed by atoms with Crippen LogP contribution in [0.3, 0.4) is 0 Å². The van der Waals surface area contributed by atoms with Crippen LogP contribution in [-0.4, -0.2) is 52.9 Å². The van der Waals surface area contributed by atoms with Gasteiger partial charge < -0.3 is 9.13 Å². The van der Waals surface area contributed by atoms with Crippen LogP contribution in [0.4, 0.5) is 0 Å². The molecule has 1 aliphatic rings. The molecular weight excluding hydrogens is 416 g/mol.